The molecule has 1 aromatic carbocycles. The van der Waals surface area contributed by atoms with Crippen molar-refractivity contribution in [1.82, 2.24) is 0 Å². The number of aliphatic hydroxyl groups excluding tert-OH is 1. The fraction of sp³-hybridized carbons (Fsp3) is 0.500. The largest absolute Gasteiger partial charge is 0.393 e. The summed E-state index contributed by atoms with van der Waals surface area (Å²) in [5.74, 6) is 0.0141. The lowest BCUT2D eigenvalue weighted by molar-refractivity contribution is 0.128. The zero-order valence-electron chi connectivity index (χ0n) is 9.77. The minimum Gasteiger partial charge on any atom is -0.393 e. The molecule has 0 heterocycles. The van der Waals surface area contributed by atoms with Crippen LogP contribution in [0.15, 0.2) is 24.3 Å². The van der Waals surface area contributed by atoms with E-state index in [1.807, 2.05) is 38.1 Å². The lowest BCUT2D eigenvalue weighted by Gasteiger charge is -2.27. The maximum Gasteiger partial charge on any atom is 0.0873 e. The number of hydrogen-bond donors (Lipinski definition) is 1. The normalized spacial score (nSPS) is 33.6. The van der Waals surface area contributed by atoms with Gasteiger partial charge < -0.3 is 5.11 Å². The molecular weight excluding hydrogens is 198 g/mol. The van der Waals surface area contributed by atoms with Crippen LogP contribution in [0.2, 0.25) is 0 Å². The number of nitriles is 1. The monoisotopic (exact) mass is 215 g/mol. The molecular formula is C14H17NO. The van der Waals surface area contributed by atoms with Crippen molar-refractivity contribution >= 4 is 0 Å². The Bertz CT molecular complexity index is 417. The fourth-order valence-electron chi connectivity index (χ4n) is 2.66. The van der Waals surface area contributed by atoms with Crippen LogP contribution in [0.5, 0.6) is 0 Å². The van der Waals surface area contributed by atoms with Crippen LogP contribution in [0.25, 0.3) is 0 Å². The van der Waals surface area contributed by atoms with Crippen LogP contribution < -0.4 is 0 Å². The molecule has 0 unspecified atom stereocenters. The van der Waals surface area contributed by atoms with Crippen LogP contribution in [0, 0.1) is 24.2 Å². The molecule has 3 atom stereocenters. The van der Waals surface area contributed by atoms with Gasteiger partial charge in [0, 0.05) is 5.92 Å². The van der Waals surface area contributed by atoms with Crippen LogP contribution in [-0.4, -0.2) is 11.2 Å². The summed E-state index contributed by atoms with van der Waals surface area (Å²) in [5.41, 5.74) is 1.75. The van der Waals surface area contributed by atoms with Crippen LogP contribution in [0.4, 0.5) is 0 Å². The summed E-state index contributed by atoms with van der Waals surface area (Å²) in [6.45, 7) is 4.01. The molecule has 1 aliphatic carbocycles. The highest BCUT2D eigenvalue weighted by atomic mass is 16.3. The van der Waals surface area contributed by atoms with Gasteiger partial charge in [-0.3, -0.25) is 0 Å². The molecule has 2 nitrogen and oxygen atoms in total. The van der Waals surface area contributed by atoms with Crippen molar-refractivity contribution in [2.24, 2.45) is 5.92 Å². The lowest BCUT2D eigenvalue weighted by Crippen LogP contribution is -2.31. The van der Waals surface area contributed by atoms with Gasteiger partial charge in [-0.1, -0.05) is 36.8 Å². The third kappa shape index (κ3) is 1.52. The third-order valence-electron chi connectivity index (χ3n) is 3.96. The zero-order valence-corrected chi connectivity index (χ0v) is 9.77. The Morgan fingerprint density at radius 3 is 2.44 bits per heavy atom. The lowest BCUT2D eigenvalue weighted by atomic mass is 9.74. The van der Waals surface area contributed by atoms with E-state index in [1.54, 1.807) is 0 Å². The highest BCUT2D eigenvalue weighted by Gasteiger charge is 2.46. The average molecular weight is 215 g/mol. The first-order valence-corrected chi connectivity index (χ1v) is 5.76. The van der Waals surface area contributed by atoms with E-state index in [0.29, 0.717) is 0 Å². The second kappa shape index (κ2) is 3.92. The summed E-state index contributed by atoms with van der Waals surface area (Å²) in [4.78, 5) is 0. The molecule has 0 aromatic heterocycles. The molecule has 2 rings (SSSR count). The van der Waals surface area contributed by atoms with Crippen molar-refractivity contribution in [3.63, 3.8) is 0 Å². The minimum absolute atomic E-state index is 0.0141. The molecule has 1 aromatic rings. The van der Waals surface area contributed by atoms with E-state index >= 15 is 0 Å². The molecule has 2 heteroatoms. The Kier molecular flexibility index (Phi) is 2.73. The van der Waals surface area contributed by atoms with Gasteiger partial charge in [-0.25, -0.2) is 0 Å². The fourth-order valence-corrected chi connectivity index (χ4v) is 2.66. The van der Waals surface area contributed by atoms with E-state index in [1.165, 1.54) is 5.56 Å². The number of aliphatic hydroxyl groups is 1. The van der Waals surface area contributed by atoms with E-state index in [-0.39, 0.29) is 12.0 Å². The van der Waals surface area contributed by atoms with E-state index < -0.39 is 5.41 Å². The Morgan fingerprint density at radius 2 is 2.00 bits per heavy atom. The number of nitrogens with zero attached hydrogens (tertiary/aromatic N) is 1. The minimum atomic E-state index is -0.493. The zero-order chi connectivity index (χ0) is 11.8. The molecule has 1 fully saturated rings. The van der Waals surface area contributed by atoms with Crippen molar-refractivity contribution in [2.45, 2.75) is 38.2 Å². The first-order chi connectivity index (χ1) is 7.60. The summed E-state index contributed by atoms with van der Waals surface area (Å²) in [6, 6.07) is 10.5. The van der Waals surface area contributed by atoms with Gasteiger partial charge in [-0.15, -0.1) is 0 Å². The molecule has 0 saturated heterocycles. The second-order valence-corrected chi connectivity index (χ2v) is 4.84. The number of hydrogen-bond acceptors (Lipinski definition) is 2. The van der Waals surface area contributed by atoms with E-state index in [4.69, 9.17) is 0 Å². The smallest absolute Gasteiger partial charge is 0.0873 e. The molecule has 0 bridgehead atoms. The van der Waals surface area contributed by atoms with E-state index in [2.05, 4.69) is 6.07 Å². The summed E-state index contributed by atoms with van der Waals surface area (Å²) in [5, 5.41) is 19.3. The van der Waals surface area contributed by atoms with Gasteiger partial charge in [0.05, 0.1) is 17.6 Å². The quantitative estimate of drug-likeness (QED) is 0.782. The van der Waals surface area contributed by atoms with Gasteiger partial charge in [0.15, 0.2) is 0 Å². The first-order valence-electron chi connectivity index (χ1n) is 5.76. The van der Waals surface area contributed by atoms with E-state index in [9.17, 15) is 10.4 Å². The van der Waals surface area contributed by atoms with Gasteiger partial charge >= 0.3 is 0 Å². The van der Waals surface area contributed by atoms with Gasteiger partial charge in [0.25, 0.3) is 0 Å². The first kappa shape index (κ1) is 11.2. The SMILES string of the molecule is Cc1ccc([C@@]2(C#N)CC[C@@H](O)[C@@H]2C)cc1. The topological polar surface area (TPSA) is 44.0 Å². The number of aryl methyl sites for hydroxylation is 1. The second-order valence-electron chi connectivity index (χ2n) is 4.84. The predicted octanol–water partition coefficient (Wildman–Crippen LogP) is 2.55. The summed E-state index contributed by atoms with van der Waals surface area (Å²) in [6.07, 6.45) is 1.14. The molecule has 1 N–H and O–H groups in total. The molecule has 0 radical (unpaired) electrons. The van der Waals surface area contributed by atoms with Gasteiger partial charge in [-0.2, -0.15) is 5.26 Å². The summed E-state index contributed by atoms with van der Waals surface area (Å²) in [7, 11) is 0. The predicted molar refractivity (Wildman–Crippen MR) is 62.9 cm³/mol. The molecule has 1 saturated carbocycles. The molecule has 84 valence electrons. The van der Waals surface area contributed by atoms with Crippen LogP contribution in [0.1, 0.15) is 30.9 Å². The van der Waals surface area contributed by atoms with Gasteiger partial charge in [0.2, 0.25) is 0 Å². The Hall–Kier alpha value is -1.33. The molecule has 0 amide bonds. The highest BCUT2D eigenvalue weighted by molar-refractivity contribution is 5.37. The van der Waals surface area contributed by atoms with Crippen molar-refractivity contribution in [1.29, 1.82) is 5.26 Å². The van der Waals surface area contributed by atoms with E-state index in [0.717, 1.165) is 18.4 Å². The van der Waals surface area contributed by atoms with Gasteiger partial charge in [-0.05, 0) is 25.3 Å². The highest BCUT2D eigenvalue weighted by Crippen LogP contribution is 2.45. The Balaban J connectivity index is 2.44. The molecule has 16 heavy (non-hydrogen) atoms. The Morgan fingerprint density at radius 1 is 1.38 bits per heavy atom. The van der Waals surface area contributed by atoms with Crippen molar-refractivity contribution in [3.8, 4) is 6.07 Å². The summed E-state index contributed by atoms with van der Waals surface area (Å²) >= 11 is 0. The molecule has 0 spiro atoms. The van der Waals surface area contributed by atoms with Crippen LogP contribution in [-0.2, 0) is 5.41 Å². The molecule has 0 aliphatic heterocycles. The number of benzene rings is 1. The standard InChI is InChI=1S/C14H17NO/c1-10-3-5-12(6-4-10)14(9-15)8-7-13(16)11(14)2/h3-6,11,13,16H,7-8H2,1-2H3/t11-,13+,14+/m0/s1. The third-order valence-corrected chi connectivity index (χ3v) is 3.96. The average Bonchev–Trinajstić information content (AvgIpc) is 2.59. The maximum absolute atomic E-state index is 9.83. The van der Waals surface area contributed by atoms with Crippen molar-refractivity contribution < 1.29 is 5.11 Å². The maximum atomic E-state index is 9.83. The van der Waals surface area contributed by atoms with Crippen LogP contribution >= 0.6 is 0 Å². The molecule has 1 aliphatic rings. The van der Waals surface area contributed by atoms with Crippen LogP contribution in [0.3, 0.4) is 0 Å². The van der Waals surface area contributed by atoms with Crippen molar-refractivity contribution in [2.75, 3.05) is 0 Å². The summed E-state index contributed by atoms with van der Waals surface area (Å²) < 4.78 is 0. The van der Waals surface area contributed by atoms with Gasteiger partial charge in [0.1, 0.15) is 0 Å². The van der Waals surface area contributed by atoms with Crippen molar-refractivity contribution in [3.05, 3.63) is 35.4 Å². The number of rotatable bonds is 1. The Labute approximate surface area is 96.5 Å².